The van der Waals surface area contributed by atoms with Gasteiger partial charge in [0.2, 0.25) is 15.9 Å². The van der Waals surface area contributed by atoms with Crippen molar-refractivity contribution in [1.82, 2.24) is 0 Å². The molecule has 0 aliphatic heterocycles. The van der Waals surface area contributed by atoms with Crippen LogP contribution in [-0.4, -0.2) is 39.6 Å². The van der Waals surface area contributed by atoms with Crippen LogP contribution in [0.15, 0.2) is 42.5 Å². The lowest BCUT2D eigenvalue weighted by atomic mass is 10.1. The van der Waals surface area contributed by atoms with Crippen LogP contribution in [0.2, 0.25) is 5.02 Å². The van der Waals surface area contributed by atoms with Gasteiger partial charge in [-0.3, -0.25) is 13.9 Å². The fourth-order valence-electron chi connectivity index (χ4n) is 2.66. The Hall–Kier alpha value is -2.78. The number of methoxy groups -OCH3 is 1. The number of rotatable bonds is 7. The molecule has 0 bridgehead atoms. The van der Waals surface area contributed by atoms with Gasteiger partial charge < -0.3 is 15.8 Å². The molecular weight excluding hydrogens is 406 g/mol. The Labute approximate surface area is 168 Å². The maximum atomic E-state index is 12.8. The maximum absolute atomic E-state index is 12.8. The van der Waals surface area contributed by atoms with Crippen molar-refractivity contribution in [1.29, 1.82) is 0 Å². The number of hydrogen-bond donors (Lipinski definition) is 2. The fourth-order valence-corrected chi connectivity index (χ4v) is 4.00. The number of halogens is 1. The number of benzene rings is 2. The zero-order valence-corrected chi connectivity index (χ0v) is 17.0. The van der Waals surface area contributed by atoms with Crippen molar-refractivity contribution < 1.29 is 22.7 Å². The SMILES string of the molecule is COc1ccc(Cl)cc1N([C@@H](C)C(=O)Nc1ccccc1C(N)=O)S(C)(=O)=O. The Bertz CT molecular complexity index is 1010. The van der Waals surface area contributed by atoms with Crippen molar-refractivity contribution >= 4 is 44.8 Å². The summed E-state index contributed by atoms with van der Waals surface area (Å²) < 4.78 is 31.0. The minimum Gasteiger partial charge on any atom is -0.495 e. The number of carbonyl (C=O) groups is 2. The van der Waals surface area contributed by atoms with E-state index in [1.54, 1.807) is 12.1 Å². The predicted molar refractivity (Wildman–Crippen MR) is 108 cm³/mol. The number of carbonyl (C=O) groups excluding carboxylic acids is 2. The Morgan fingerprint density at radius 3 is 2.43 bits per heavy atom. The van der Waals surface area contributed by atoms with Crippen LogP contribution in [0.25, 0.3) is 0 Å². The number of anilines is 2. The number of sulfonamides is 1. The summed E-state index contributed by atoms with van der Waals surface area (Å²) in [5.41, 5.74) is 5.71. The van der Waals surface area contributed by atoms with Crippen molar-refractivity contribution in [2.45, 2.75) is 13.0 Å². The van der Waals surface area contributed by atoms with Gasteiger partial charge in [0.15, 0.2) is 0 Å². The molecule has 0 spiro atoms. The van der Waals surface area contributed by atoms with E-state index in [9.17, 15) is 18.0 Å². The standard InChI is InChI=1S/C18H20ClN3O5S/c1-11(18(24)21-14-7-5-4-6-13(14)17(20)23)22(28(3,25)26)15-10-12(19)8-9-16(15)27-2/h4-11H,1-3H3,(H2,20,23)(H,21,24)/t11-/m0/s1. The molecule has 0 aliphatic rings. The quantitative estimate of drug-likeness (QED) is 0.705. The molecule has 2 aromatic rings. The zero-order chi connectivity index (χ0) is 21.1. The van der Waals surface area contributed by atoms with Crippen LogP contribution in [0.1, 0.15) is 17.3 Å². The molecule has 8 nitrogen and oxygen atoms in total. The first kappa shape index (κ1) is 21.5. The lowest BCUT2D eigenvalue weighted by Gasteiger charge is -2.29. The van der Waals surface area contributed by atoms with Gasteiger partial charge in [-0.2, -0.15) is 0 Å². The highest BCUT2D eigenvalue weighted by Crippen LogP contribution is 2.34. The third-order valence-corrected chi connectivity index (χ3v) is 5.38. The van der Waals surface area contributed by atoms with Gasteiger partial charge in [-0.1, -0.05) is 23.7 Å². The molecule has 10 heteroatoms. The van der Waals surface area contributed by atoms with Crippen LogP contribution in [-0.2, 0) is 14.8 Å². The smallest absolute Gasteiger partial charge is 0.250 e. The summed E-state index contributed by atoms with van der Waals surface area (Å²) in [4.78, 5) is 24.3. The first-order valence-electron chi connectivity index (χ1n) is 8.09. The molecule has 0 unspecified atom stereocenters. The lowest BCUT2D eigenvalue weighted by molar-refractivity contribution is -0.116. The van der Waals surface area contributed by atoms with E-state index < -0.39 is 27.9 Å². The van der Waals surface area contributed by atoms with E-state index in [-0.39, 0.29) is 27.7 Å². The van der Waals surface area contributed by atoms with Gasteiger partial charge in [0.25, 0.3) is 5.91 Å². The molecule has 3 N–H and O–H groups in total. The van der Waals surface area contributed by atoms with Gasteiger partial charge in [0, 0.05) is 5.02 Å². The van der Waals surface area contributed by atoms with Gasteiger partial charge in [-0.25, -0.2) is 8.42 Å². The fraction of sp³-hybridized carbons (Fsp3) is 0.222. The third-order valence-electron chi connectivity index (χ3n) is 3.92. The van der Waals surface area contributed by atoms with E-state index >= 15 is 0 Å². The van der Waals surface area contributed by atoms with Gasteiger partial charge >= 0.3 is 0 Å². The summed E-state index contributed by atoms with van der Waals surface area (Å²) in [5.74, 6) is -1.16. The van der Waals surface area contributed by atoms with Gasteiger partial charge in [-0.05, 0) is 37.3 Å². The average Bonchev–Trinajstić information content (AvgIpc) is 2.61. The third kappa shape index (κ3) is 4.73. The molecule has 0 aliphatic carbocycles. The molecule has 28 heavy (non-hydrogen) atoms. The molecule has 2 amide bonds. The highest BCUT2D eigenvalue weighted by atomic mass is 35.5. The molecule has 0 radical (unpaired) electrons. The van der Waals surface area contributed by atoms with E-state index in [2.05, 4.69) is 5.32 Å². The predicted octanol–water partition coefficient (Wildman–Crippen LogP) is 2.24. The summed E-state index contributed by atoms with van der Waals surface area (Å²) in [6.07, 6.45) is 0.967. The number of nitrogens with one attached hydrogen (secondary N) is 1. The molecule has 0 aromatic heterocycles. The second-order valence-corrected chi connectivity index (χ2v) is 8.25. The number of ether oxygens (including phenoxy) is 1. The van der Waals surface area contributed by atoms with Gasteiger partial charge in [0.05, 0.1) is 30.3 Å². The highest BCUT2D eigenvalue weighted by Gasteiger charge is 2.32. The molecule has 0 saturated heterocycles. The molecule has 0 heterocycles. The minimum absolute atomic E-state index is 0.106. The number of primary amides is 1. The maximum Gasteiger partial charge on any atom is 0.250 e. The summed E-state index contributed by atoms with van der Waals surface area (Å²) in [7, 11) is -2.51. The van der Waals surface area contributed by atoms with Crippen LogP contribution in [0.3, 0.4) is 0 Å². The van der Waals surface area contributed by atoms with E-state index in [4.69, 9.17) is 22.1 Å². The zero-order valence-electron chi connectivity index (χ0n) is 15.5. The number of amides is 2. The monoisotopic (exact) mass is 425 g/mol. The Balaban J connectivity index is 2.45. The van der Waals surface area contributed by atoms with Crippen molar-refractivity contribution in [3.05, 3.63) is 53.1 Å². The van der Waals surface area contributed by atoms with Crippen LogP contribution in [0.4, 0.5) is 11.4 Å². The number of hydrogen-bond acceptors (Lipinski definition) is 5. The summed E-state index contributed by atoms with van der Waals surface area (Å²) in [5, 5.41) is 2.82. The second kappa shape index (κ2) is 8.49. The van der Waals surface area contributed by atoms with E-state index in [1.807, 2.05) is 0 Å². The molecule has 0 saturated carbocycles. The Morgan fingerprint density at radius 2 is 1.86 bits per heavy atom. The summed E-state index contributed by atoms with van der Waals surface area (Å²) >= 11 is 6.01. The van der Waals surface area contributed by atoms with Crippen molar-refractivity contribution in [3.8, 4) is 5.75 Å². The number of para-hydroxylation sites is 1. The van der Waals surface area contributed by atoms with Gasteiger partial charge in [0.1, 0.15) is 11.8 Å². The molecule has 2 rings (SSSR count). The van der Waals surface area contributed by atoms with E-state index in [0.29, 0.717) is 0 Å². The van der Waals surface area contributed by atoms with Crippen LogP contribution >= 0.6 is 11.6 Å². The Kier molecular flexibility index (Phi) is 6.52. The minimum atomic E-state index is -3.89. The first-order valence-corrected chi connectivity index (χ1v) is 10.3. The summed E-state index contributed by atoms with van der Waals surface area (Å²) in [6.45, 7) is 1.41. The van der Waals surface area contributed by atoms with Crippen molar-refractivity contribution in [3.63, 3.8) is 0 Å². The van der Waals surface area contributed by atoms with Crippen molar-refractivity contribution in [2.75, 3.05) is 23.0 Å². The lowest BCUT2D eigenvalue weighted by Crippen LogP contribution is -2.45. The molecule has 0 fully saturated rings. The molecule has 150 valence electrons. The first-order chi connectivity index (χ1) is 13.1. The van der Waals surface area contributed by atoms with Crippen molar-refractivity contribution in [2.24, 2.45) is 5.73 Å². The normalized spacial score (nSPS) is 12.1. The topological polar surface area (TPSA) is 119 Å². The highest BCUT2D eigenvalue weighted by molar-refractivity contribution is 7.92. The van der Waals surface area contributed by atoms with Crippen LogP contribution < -0.4 is 20.1 Å². The molecule has 2 aromatic carbocycles. The Morgan fingerprint density at radius 1 is 1.21 bits per heavy atom. The number of nitrogens with zero attached hydrogens (tertiary/aromatic N) is 1. The average molecular weight is 426 g/mol. The number of nitrogens with two attached hydrogens (primary N) is 1. The van der Waals surface area contributed by atoms with E-state index in [1.165, 1.54) is 44.4 Å². The molecular formula is C18H20ClN3O5S. The van der Waals surface area contributed by atoms with Crippen LogP contribution in [0, 0.1) is 0 Å². The molecule has 1 atom stereocenters. The van der Waals surface area contributed by atoms with Crippen LogP contribution in [0.5, 0.6) is 5.75 Å². The van der Waals surface area contributed by atoms with Gasteiger partial charge in [-0.15, -0.1) is 0 Å². The van der Waals surface area contributed by atoms with E-state index in [0.717, 1.165) is 10.6 Å². The second-order valence-electron chi connectivity index (χ2n) is 5.95. The largest absolute Gasteiger partial charge is 0.495 e. The summed E-state index contributed by atoms with van der Waals surface area (Å²) in [6, 6.07) is 9.42.